The topological polar surface area (TPSA) is 85.5 Å². The van der Waals surface area contributed by atoms with Gasteiger partial charge in [0.25, 0.3) is 11.5 Å². The van der Waals surface area contributed by atoms with Gasteiger partial charge in [0.1, 0.15) is 11.5 Å². The Morgan fingerprint density at radius 3 is 2.23 bits per heavy atom. The Labute approximate surface area is 178 Å². The Morgan fingerprint density at radius 1 is 1.13 bits per heavy atom. The van der Waals surface area contributed by atoms with Crippen LogP contribution in [0.4, 0.5) is 17.6 Å². The number of carbonyl (C=O) groups is 1. The van der Waals surface area contributed by atoms with E-state index in [-0.39, 0.29) is 31.2 Å². The van der Waals surface area contributed by atoms with Crippen LogP contribution in [0.5, 0.6) is 0 Å². The van der Waals surface area contributed by atoms with Crippen molar-refractivity contribution < 1.29 is 22.4 Å². The van der Waals surface area contributed by atoms with E-state index in [1.54, 1.807) is 6.92 Å². The zero-order valence-corrected chi connectivity index (χ0v) is 17.9. The van der Waals surface area contributed by atoms with Crippen LogP contribution < -0.4 is 16.7 Å². The number of carbonyl (C=O) groups excluding carboxylic acids is 1. The summed E-state index contributed by atoms with van der Waals surface area (Å²) in [5, 5.41) is 3.58. The molecule has 1 N–H and O–H groups in total. The van der Waals surface area contributed by atoms with Crippen molar-refractivity contribution in [3.63, 3.8) is 0 Å². The van der Waals surface area contributed by atoms with Gasteiger partial charge >= 0.3 is 11.9 Å². The van der Waals surface area contributed by atoms with Crippen molar-refractivity contribution in [2.75, 3.05) is 0 Å². The lowest BCUT2D eigenvalue weighted by Crippen LogP contribution is -2.41. The van der Waals surface area contributed by atoms with E-state index in [4.69, 9.17) is 11.6 Å². The van der Waals surface area contributed by atoms with Crippen molar-refractivity contribution >= 4 is 23.2 Å². The van der Waals surface area contributed by atoms with Crippen LogP contribution in [0.1, 0.15) is 43.7 Å². The summed E-state index contributed by atoms with van der Waals surface area (Å²) in [6, 6.07) is 1.63. The number of hydrazone groups is 1. The van der Waals surface area contributed by atoms with E-state index in [9.17, 15) is 31.9 Å². The molecule has 0 saturated heterocycles. The highest BCUT2D eigenvalue weighted by molar-refractivity contribution is 6.34. The Hall–Kier alpha value is -2.95. The van der Waals surface area contributed by atoms with Gasteiger partial charge in [-0.3, -0.25) is 14.2 Å². The number of nitrogens with one attached hydrogen (secondary N) is 1. The first-order chi connectivity index (χ1) is 14.1. The van der Waals surface area contributed by atoms with Crippen molar-refractivity contribution in [2.45, 2.75) is 33.9 Å². The van der Waals surface area contributed by atoms with Gasteiger partial charge in [-0.1, -0.05) is 32.4 Å². The Balaban J connectivity index is 2.64. The van der Waals surface area contributed by atoms with Crippen molar-refractivity contribution in [3.05, 3.63) is 61.1 Å². The second-order valence-corrected chi connectivity index (χ2v) is 8.12. The zero-order valence-electron chi connectivity index (χ0n) is 17.2. The molecule has 12 heteroatoms. The molecule has 2 aromatic rings. The van der Waals surface area contributed by atoms with Gasteiger partial charge in [0.2, 0.25) is 0 Å². The van der Waals surface area contributed by atoms with E-state index in [0.717, 1.165) is 13.1 Å². The second kappa shape index (κ2) is 8.29. The lowest BCUT2D eigenvalue weighted by Gasteiger charge is -2.18. The minimum Gasteiger partial charge on any atom is -0.292 e. The molecule has 0 spiro atoms. The largest absolute Gasteiger partial charge is 0.431 e. The first-order valence-electron chi connectivity index (χ1n) is 8.80. The Bertz CT molecular complexity index is 1190. The molecule has 7 nitrogen and oxygen atoms in total. The van der Waals surface area contributed by atoms with Gasteiger partial charge in [-0.2, -0.15) is 18.3 Å². The molecule has 1 aromatic heterocycles. The maximum atomic E-state index is 14.5. The van der Waals surface area contributed by atoms with Crippen LogP contribution in [-0.4, -0.2) is 20.8 Å². The van der Waals surface area contributed by atoms with Crippen LogP contribution in [0.25, 0.3) is 5.69 Å². The summed E-state index contributed by atoms with van der Waals surface area (Å²) in [6.45, 7) is 7.23. The molecule has 0 aliphatic heterocycles. The lowest BCUT2D eigenvalue weighted by molar-refractivity contribution is -0.144. The van der Waals surface area contributed by atoms with Gasteiger partial charge in [-0.25, -0.2) is 19.2 Å². The molecule has 31 heavy (non-hydrogen) atoms. The molecule has 0 atom stereocenters. The summed E-state index contributed by atoms with van der Waals surface area (Å²) in [6.07, 6.45) is -4.97. The van der Waals surface area contributed by atoms with Crippen LogP contribution in [0.3, 0.4) is 0 Å². The first-order valence-corrected chi connectivity index (χ1v) is 9.18. The van der Waals surface area contributed by atoms with Gasteiger partial charge in [0.15, 0.2) is 0 Å². The minimum atomic E-state index is -4.97. The standard InChI is InChI=1S/C19H19ClF4N4O3/c1-9(18(2,3)4)25-26-16(30)10-6-13(12(21)7-11(10)20)28-15(29)8-14(19(22,23)24)27(5)17(28)31/h6-8H,1-5H3,(H,26,30)/b25-9-. The van der Waals surface area contributed by atoms with Gasteiger partial charge in [0.05, 0.1) is 16.3 Å². The number of rotatable bonds is 3. The smallest absolute Gasteiger partial charge is 0.292 e. The molecular formula is C19H19ClF4N4O3. The molecular weight excluding hydrogens is 444 g/mol. The second-order valence-electron chi connectivity index (χ2n) is 7.71. The SMILES string of the molecule is C/C(=N/NC(=O)c1cc(-n2c(=O)cc(C(F)(F)F)n(C)c2=O)c(F)cc1Cl)C(C)(C)C. The summed E-state index contributed by atoms with van der Waals surface area (Å²) >= 11 is 5.92. The number of halogens is 5. The number of nitrogens with zero attached hydrogens (tertiary/aromatic N) is 3. The number of hydrogen-bond donors (Lipinski definition) is 1. The molecule has 0 unspecified atom stereocenters. The molecule has 2 rings (SSSR count). The van der Waals surface area contributed by atoms with E-state index in [0.29, 0.717) is 11.8 Å². The first kappa shape index (κ1) is 24.3. The fraction of sp³-hybridized carbons (Fsp3) is 0.368. The fourth-order valence-corrected chi connectivity index (χ4v) is 2.60. The third-order valence-corrected chi connectivity index (χ3v) is 4.86. The summed E-state index contributed by atoms with van der Waals surface area (Å²) in [4.78, 5) is 37.1. The van der Waals surface area contributed by atoms with E-state index in [2.05, 4.69) is 10.5 Å². The predicted molar refractivity (Wildman–Crippen MR) is 107 cm³/mol. The molecule has 0 bridgehead atoms. The number of amides is 1. The lowest BCUT2D eigenvalue weighted by atomic mass is 9.91. The quantitative estimate of drug-likeness (QED) is 0.430. The maximum absolute atomic E-state index is 14.5. The van der Waals surface area contributed by atoms with E-state index >= 15 is 0 Å². The van der Waals surface area contributed by atoms with Gasteiger partial charge in [-0.15, -0.1) is 0 Å². The third-order valence-electron chi connectivity index (χ3n) is 4.54. The van der Waals surface area contributed by atoms with Crippen molar-refractivity contribution in [2.24, 2.45) is 17.6 Å². The molecule has 1 amide bonds. The highest BCUT2D eigenvalue weighted by atomic mass is 35.5. The zero-order chi connectivity index (χ0) is 23.9. The minimum absolute atomic E-state index is 0.159. The maximum Gasteiger partial charge on any atom is 0.431 e. The number of aromatic nitrogens is 2. The average molecular weight is 463 g/mol. The summed E-state index contributed by atoms with van der Waals surface area (Å²) in [5.41, 5.74) is -3.00. The van der Waals surface area contributed by atoms with Crippen LogP contribution >= 0.6 is 11.6 Å². The average Bonchev–Trinajstić information content (AvgIpc) is 2.62. The highest BCUT2D eigenvalue weighted by Gasteiger charge is 2.35. The molecule has 0 saturated carbocycles. The van der Waals surface area contributed by atoms with Crippen LogP contribution in [0.2, 0.25) is 5.02 Å². The highest BCUT2D eigenvalue weighted by Crippen LogP contribution is 2.27. The summed E-state index contributed by atoms with van der Waals surface area (Å²) in [7, 11) is 0.784. The molecule has 0 fully saturated rings. The molecule has 1 aromatic carbocycles. The molecule has 0 aliphatic rings. The molecule has 0 aliphatic carbocycles. The van der Waals surface area contributed by atoms with Gasteiger partial charge < -0.3 is 0 Å². The van der Waals surface area contributed by atoms with Gasteiger partial charge in [0, 0.05) is 24.2 Å². The Kier molecular flexibility index (Phi) is 6.51. The van der Waals surface area contributed by atoms with E-state index < -0.39 is 40.5 Å². The number of alkyl halides is 3. The van der Waals surface area contributed by atoms with Crippen molar-refractivity contribution in [1.82, 2.24) is 14.6 Å². The van der Waals surface area contributed by atoms with Crippen LogP contribution in [0, 0.1) is 11.2 Å². The van der Waals surface area contributed by atoms with Crippen molar-refractivity contribution in [3.8, 4) is 5.69 Å². The molecule has 0 radical (unpaired) electrons. The molecule has 168 valence electrons. The van der Waals surface area contributed by atoms with E-state index in [1.165, 1.54) is 0 Å². The van der Waals surface area contributed by atoms with E-state index in [1.807, 2.05) is 20.8 Å². The fourth-order valence-electron chi connectivity index (χ4n) is 2.36. The third kappa shape index (κ3) is 5.04. The summed E-state index contributed by atoms with van der Waals surface area (Å²) < 4.78 is 53.9. The number of benzene rings is 1. The normalized spacial score (nSPS) is 12.8. The summed E-state index contributed by atoms with van der Waals surface area (Å²) in [5.74, 6) is -2.05. The van der Waals surface area contributed by atoms with Crippen LogP contribution in [0.15, 0.2) is 32.9 Å². The van der Waals surface area contributed by atoms with Crippen LogP contribution in [-0.2, 0) is 13.2 Å². The van der Waals surface area contributed by atoms with Gasteiger partial charge in [-0.05, 0) is 19.1 Å². The number of hydrogen-bond acceptors (Lipinski definition) is 4. The molecule has 1 heterocycles. The Morgan fingerprint density at radius 2 is 1.71 bits per heavy atom. The van der Waals surface area contributed by atoms with Crippen molar-refractivity contribution in [1.29, 1.82) is 0 Å². The monoisotopic (exact) mass is 462 g/mol. The predicted octanol–water partition coefficient (Wildman–Crippen LogP) is 3.50.